The predicted octanol–water partition coefficient (Wildman–Crippen LogP) is 4.51. The topological polar surface area (TPSA) is 104 Å². The first kappa shape index (κ1) is 25.5. The standard InChI is InChI=1S/C27H33F2N5O3/c1-27(2,36)24(35)21-14-20-22(15-30-21)33-26(25(32-20)31-17-5-3-4-6-17)34-11-9-18(10-12-34)37-23-8-7-16(28)13-19(23)29/h7-8,13-15,17-18,24,35-36H,3-6,9-12H2,1-2H3,(H,31,32). The summed E-state index contributed by atoms with van der Waals surface area (Å²) in [5.41, 5.74) is 0.162. The first-order valence-electron chi connectivity index (χ1n) is 12.9. The van der Waals surface area contributed by atoms with E-state index in [1.54, 1.807) is 12.3 Å². The van der Waals surface area contributed by atoms with Crippen LogP contribution in [-0.2, 0) is 0 Å². The number of nitrogens with one attached hydrogen (secondary N) is 1. The predicted molar refractivity (Wildman–Crippen MR) is 137 cm³/mol. The molecule has 1 atom stereocenters. The van der Waals surface area contributed by atoms with Gasteiger partial charge in [0.25, 0.3) is 0 Å². The van der Waals surface area contributed by atoms with Crippen molar-refractivity contribution in [2.24, 2.45) is 0 Å². The second-order valence-electron chi connectivity index (χ2n) is 10.6. The minimum Gasteiger partial charge on any atom is -0.487 e. The Morgan fingerprint density at radius 1 is 1.05 bits per heavy atom. The van der Waals surface area contributed by atoms with E-state index in [-0.39, 0.29) is 11.9 Å². The van der Waals surface area contributed by atoms with Crippen LogP contribution in [0.1, 0.15) is 64.2 Å². The number of benzene rings is 1. The van der Waals surface area contributed by atoms with E-state index >= 15 is 0 Å². The molecule has 3 heterocycles. The SMILES string of the molecule is CC(C)(O)C(O)c1cc2nc(NC3CCCC3)c(N3CCC(Oc4ccc(F)cc4F)CC3)nc2cn1. The number of aliphatic hydroxyl groups excluding tert-OH is 1. The summed E-state index contributed by atoms with van der Waals surface area (Å²) in [6.07, 6.45) is 5.99. The lowest BCUT2D eigenvalue weighted by molar-refractivity contribution is -0.0516. The van der Waals surface area contributed by atoms with Crippen LogP contribution in [0.15, 0.2) is 30.5 Å². The lowest BCUT2D eigenvalue weighted by atomic mass is 9.98. The summed E-state index contributed by atoms with van der Waals surface area (Å²) in [5.74, 6) is 0.131. The van der Waals surface area contributed by atoms with E-state index in [9.17, 15) is 19.0 Å². The van der Waals surface area contributed by atoms with Crippen LogP contribution < -0.4 is 15.0 Å². The van der Waals surface area contributed by atoms with Crippen LogP contribution in [-0.4, -0.2) is 56.0 Å². The summed E-state index contributed by atoms with van der Waals surface area (Å²) in [5, 5.41) is 24.3. The first-order valence-corrected chi connectivity index (χ1v) is 12.9. The molecule has 1 aliphatic carbocycles. The monoisotopic (exact) mass is 513 g/mol. The average molecular weight is 514 g/mol. The fraction of sp³-hybridized carbons (Fsp3) is 0.519. The maximum atomic E-state index is 14.0. The molecule has 0 bridgehead atoms. The van der Waals surface area contributed by atoms with Gasteiger partial charge in [-0.15, -0.1) is 0 Å². The maximum absolute atomic E-state index is 14.0. The highest BCUT2D eigenvalue weighted by Gasteiger charge is 2.29. The van der Waals surface area contributed by atoms with Crippen molar-refractivity contribution in [2.45, 2.75) is 76.2 Å². The maximum Gasteiger partial charge on any atom is 0.172 e. The Kier molecular flexibility index (Phi) is 7.13. The molecule has 0 amide bonds. The van der Waals surface area contributed by atoms with E-state index in [2.05, 4.69) is 15.2 Å². The third-order valence-corrected chi connectivity index (χ3v) is 7.13. The number of pyridine rings is 1. The minimum absolute atomic E-state index is 0.0593. The number of piperidine rings is 1. The molecule has 1 aliphatic heterocycles. The number of aromatic nitrogens is 3. The molecule has 37 heavy (non-hydrogen) atoms. The Hall–Kier alpha value is -3.11. The van der Waals surface area contributed by atoms with Crippen molar-refractivity contribution in [3.8, 4) is 5.75 Å². The smallest absolute Gasteiger partial charge is 0.172 e. The number of ether oxygens (including phenoxy) is 1. The second kappa shape index (κ2) is 10.3. The van der Waals surface area contributed by atoms with Gasteiger partial charge in [-0.05, 0) is 44.9 Å². The van der Waals surface area contributed by atoms with Crippen molar-refractivity contribution in [2.75, 3.05) is 23.3 Å². The molecular formula is C27H33F2N5O3. The fourth-order valence-electron chi connectivity index (χ4n) is 4.99. The van der Waals surface area contributed by atoms with E-state index in [4.69, 9.17) is 14.7 Å². The van der Waals surface area contributed by atoms with Crippen LogP contribution in [0.3, 0.4) is 0 Å². The number of rotatable bonds is 7. The van der Waals surface area contributed by atoms with Crippen molar-refractivity contribution in [1.82, 2.24) is 15.0 Å². The number of anilines is 2. The highest BCUT2D eigenvalue weighted by Crippen LogP contribution is 2.33. The van der Waals surface area contributed by atoms with E-state index < -0.39 is 23.3 Å². The number of fused-ring (bicyclic) bond motifs is 1. The molecule has 3 N–H and O–H groups in total. The molecule has 2 aliphatic rings. The Morgan fingerprint density at radius 3 is 2.46 bits per heavy atom. The molecule has 198 valence electrons. The Bertz CT molecular complexity index is 1250. The summed E-state index contributed by atoms with van der Waals surface area (Å²) in [7, 11) is 0. The Morgan fingerprint density at radius 2 is 1.78 bits per heavy atom. The van der Waals surface area contributed by atoms with E-state index in [1.807, 2.05) is 0 Å². The van der Waals surface area contributed by atoms with Gasteiger partial charge < -0.3 is 25.2 Å². The van der Waals surface area contributed by atoms with Crippen molar-refractivity contribution in [3.63, 3.8) is 0 Å². The third-order valence-electron chi connectivity index (χ3n) is 7.13. The molecule has 2 fully saturated rings. The molecule has 3 aromatic rings. The van der Waals surface area contributed by atoms with Gasteiger partial charge in [-0.2, -0.15) is 0 Å². The van der Waals surface area contributed by atoms with Gasteiger partial charge in [0.2, 0.25) is 0 Å². The van der Waals surface area contributed by atoms with E-state index in [0.717, 1.165) is 24.7 Å². The molecule has 1 unspecified atom stereocenters. The quantitative estimate of drug-likeness (QED) is 0.424. The van der Waals surface area contributed by atoms with Gasteiger partial charge in [-0.1, -0.05) is 12.8 Å². The van der Waals surface area contributed by atoms with Crippen molar-refractivity contribution < 1.29 is 23.7 Å². The van der Waals surface area contributed by atoms with E-state index in [1.165, 1.54) is 38.8 Å². The highest BCUT2D eigenvalue weighted by molar-refractivity contribution is 5.80. The summed E-state index contributed by atoms with van der Waals surface area (Å²) in [6, 6.07) is 5.34. The van der Waals surface area contributed by atoms with Crippen molar-refractivity contribution >= 4 is 22.7 Å². The van der Waals surface area contributed by atoms with Crippen LogP contribution in [0.4, 0.5) is 20.4 Å². The molecular weight excluding hydrogens is 480 g/mol. The van der Waals surface area contributed by atoms with Gasteiger partial charge in [0.05, 0.1) is 23.0 Å². The van der Waals surface area contributed by atoms with Gasteiger partial charge >= 0.3 is 0 Å². The van der Waals surface area contributed by atoms with Crippen LogP contribution in [0, 0.1) is 11.6 Å². The molecule has 0 radical (unpaired) electrons. The molecule has 1 saturated heterocycles. The second-order valence-corrected chi connectivity index (χ2v) is 10.6. The van der Waals surface area contributed by atoms with Crippen molar-refractivity contribution in [3.05, 3.63) is 47.8 Å². The Balaban J connectivity index is 1.38. The molecule has 8 nitrogen and oxygen atoms in total. The van der Waals surface area contributed by atoms with Gasteiger partial charge in [0.1, 0.15) is 23.5 Å². The summed E-state index contributed by atoms with van der Waals surface area (Å²) >= 11 is 0. The number of nitrogens with zero attached hydrogens (tertiary/aromatic N) is 4. The molecule has 5 rings (SSSR count). The van der Waals surface area contributed by atoms with Gasteiger partial charge in [0, 0.05) is 38.0 Å². The van der Waals surface area contributed by atoms with Gasteiger partial charge in [-0.3, -0.25) is 4.98 Å². The minimum atomic E-state index is -1.35. The van der Waals surface area contributed by atoms with Gasteiger partial charge in [0.15, 0.2) is 23.2 Å². The summed E-state index contributed by atoms with van der Waals surface area (Å²) in [4.78, 5) is 16.2. The number of hydrogen-bond acceptors (Lipinski definition) is 8. The summed E-state index contributed by atoms with van der Waals surface area (Å²) < 4.78 is 33.1. The zero-order valence-corrected chi connectivity index (χ0v) is 21.1. The molecule has 10 heteroatoms. The fourth-order valence-corrected chi connectivity index (χ4v) is 4.99. The highest BCUT2D eigenvalue weighted by atomic mass is 19.1. The van der Waals surface area contributed by atoms with E-state index in [0.29, 0.717) is 54.5 Å². The van der Waals surface area contributed by atoms with Crippen LogP contribution in [0.5, 0.6) is 5.75 Å². The lowest BCUT2D eigenvalue weighted by Crippen LogP contribution is -2.39. The van der Waals surface area contributed by atoms with Crippen molar-refractivity contribution in [1.29, 1.82) is 0 Å². The van der Waals surface area contributed by atoms with Crippen LogP contribution in [0.25, 0.3) is 11.0 Å². The zero-order chi connectivity index (χ0) is 26.2. The normalized spacial score (nSPS) is 18.4. The third kappa shape index (κ3) is 5.75. The molecule has 2 aromatic heterocycles. The average Bonchev–Trinajstić information content (AvgIpc) is 3.37. The largest absolute Gasteiger partial charge is 0.487 e. The number of hydrogen-bond donors (Lipinski definition) is 3. The molecule has 1 saturated carbocycles. The number of aliphatic hydroxyl groups is 2. The van der Waals surface area contributed by atoms with Gasteiger partial charge in [-0.25, -0.2) is 18.7 Å². The number of halogens is 2. The first-order chi connectivity index (χ1) is 17.7. The van der Waals surface area contributed by atoms with Crippen LogP contribution >= 0.6 is 0 Å². The molecule has 1 aromatic carbocycles. The lowest BCUT2D eigenvalue weighted by Gasteiger charge is -2.34. The summed E-state index contributed by atoms with van der Waals surface area (Å²) in [6.45, 7) is 4.33. The zero-order valence-electron chi connectivity index (χ0n) is 21.1. The van der Waals surface area contributed by atoms with Crippen LogP contribution in [0.2, 0.25) is 0 Å². The Labute approximate surface area is 214 Å². The molecule has 0 spiro atoms.